The monoisotopic (exact) mass is 400 g/mol. The van der Waals surface area contributed by atoms with Crippen molar-refractivity contribution in [2.75, 3.05) is 6.54 Å². The number of hydrogen-bond donors (Lipinski definition) is 1. The number of thiophene rings is 1. The first-order valence-corrected chi connectivity index (χ1v) is 10.8. The van der Waals surface area contributed by atoms with Crippen molar-refractivity contribution >= 4 is 29.0 Å². The van der Waals surface area contributed by atoms with Crippen molar-refractivity contribution in [3.8, 4) is 10.7 Å². The number of hydrogen-bond acceptors (Lipinski definition) is 5. The molecule has 1 amide bonds. The zero-order valence-electron chi connectivity index (χ0n) is 15.8. The first kappa shape index (κ1) is 19.6. The molecule has 0 radical (unpaired) electrons. The summed E-state index contributed by atoms with van der Waals surface area (Å²) in [6.45, 7) is 7.48. The topological polar surface area (TPSA) is 59.8 Å². The minimum Gasteiger partial charge on any atom is -0.355 e. The van der Waals surface area contributed by atoms with Gasteiger partial charge in [0.05, 0.1) is 10.1 Å². The van der Waals surface area contributed by atoms with Crippen LogP contribution in [0.1, 0.15) is 32.3 Å². The van der Waals surface area contributed by atoms with E-state index in [1.165, 1.54) is 17.3 Å². The molecule has 3 aromatic rings. The Labute approximate surface area is 168 Å². The summed E-state index contributed by atoms with van der Waals surface area (Å²) in [5, 5.41) is 14.3. The summed E-state index contributed by atoms with van der Waals surface area (Å²) in [4.78, 5) is 13.6. The summed E-state index contributed by atoms with van der Waals surface area (Å²) in [5.41, 5.74) is 1.23. The number of carbonyl (C=O) groups is 1. The molecule has 0 aliphatic heterocycles. The van der Waals surface area contributed by atoms with Gasteiger partial charge in [-0.25, -0.2) is 0 Å². The van der Waals surface area contributed by atoms with Gasteiger partial charge in [0, 0.05) is 13.1 Å². The number of nitrogens with zero attached hydrogens (tertiary/aromatic N) is 3. The molecular weight excluding hydrogens is 376 g/mol. The Morgan fingerprint density at radius 1 is 1.19 bits per heavy atom. The molecule has 0 saturated carbocycles. The van der Waals surface area contributed by atoms with E-state index in [-0.39, 0.29) is 17.1 Å². The number of thioether (sulfide) groups is 1. The summed E-state index contributed by atoms with van der Waals surface area (Å²) in [7, 11) is 0. The molecule has 27 heavy (non-hydrogen) atoms. The second kappa shape index (κ2) is 9.19. The van der Waals surface area contributed by atoms with Crippen LogP contribution in [0.15, 0.2) is 53.0 Å². The van der Waals surface area contributed by atoms with Gasteiger partial charge in [0.25, 0.3) is 0 Å². The van der Waals surface area contributed by atoms with Gasteiger partial charge in [-0.3, -0.25) is 4.79 Å². The van der Waals surface area contributed by atoms with Crippen LogP contribution >= 0.6 is 23.1 Å². The highest BCUT2D eigenvalue weighted by Crippen LogP contribution is 2.29. The van der Waals surface area contributed by atoms with Gasteiger partial charge in [0.15, 0.2) is 11.0 Å². The summed E-state index contributed by atoms with van der Waals surface area (Å²) in [5.74, 6) is 1.16. The maximum atomic E-state index is 12.5. The fraction of sp³-hybridized carbons (Fsp3) is 0.350. The lowest BCUT2D eigenvalue weighted by molar-refractivity contribution is -0.120. The van der Waals surface area contributed by atoms with Crippen LogP contribution in [-0.4, -0.2) is 32.5 Å². The molecule has 5 nitrogen and oxygen atoms in total. The highest BCUT2D eigenvalue weighted by molar-refractivity contribution is 8.00. The molecule has 0 saturated heterocycles. The highest BCUT2D eigenvalue weighted by Gasteiger charge is 2.21. The Kier molecular flexibility index (Phi) is 6.68. The molecule has 0 spiro atoms. The second-order valence-corrected chi connectivity index (χ2v) is 8.60. The van der Waals surface area contributed by atoms with E-state index in [1.54, 1.807) is 11.3 Å². The first-order valence-electron chi connectivity index (χ1n) is 9.06. The van der Waals surface area contributed by atoms with Crippen molar-refractivity contribution in [1.29, 1.82) is 0 Å². The van der Waals surface area contributed by atoms with Crippen LogP contribution in [0.5, 0.6) is 0 Å². The van der Waals surface area contributed by atoms with Crippen LogP contribution in [-0.2, 0) is 11.3 Å². The SMILES string of the molecule is CCn1c(SC(C)C(=O)NCC(C)c2ccccc2)nnc1-c1cccs1. The Bertz CT molecular complexity index is 862. The van der Waals surface area contributed by atoms with Crippen molar-refractivity contribution in [3.05, 3.63) is 53.4 Å². The fourth-order valence-corrected chi connectivity index (χ4v) is 4.41. The third kappa shape index (κ3) is 4.78. The Hall–Kier alpha value is -2.12. The van der Waals surface area contributed by atoms with Crippen LogP contribution in [0.2, 0.25) is 0 Å². The summed E-state index contributed by atoms with van der Waals surface area (Å²) in [6, 6.07) is 14.3. The van der Waals surface area contributed by atoms with E-state index >= 15 is 0 Å². The van der Waals surface area contributed by atoms with Gasteiger partial charge >= 0.3 is 0 Å². The lowest BCUT2D eigenvalue weighted by atomic mass is 10.0. The normalized spacial score (nSPS) is 13.3. The molecule has 2 aromatic heterocycles. The quantitative estimate of drug-likeness (QED) is 0.568. The molecule has 2 unspecified atom stereocenters. The van der Waals surface area contributed by atoms with Gasteiger partial charge in [-0.05, 0) is 36.8 Å². The second-order valence-electron chi connectivity index (χ2n) is 6.34. The average molecular weight is 401 g/mol. The lowest BCUT2D eigenvalue weighted by Gasteiger charge is -2.16. The van der Waals surface area contributed by atoms with Crippen molar-refractivity contribution in [2.45, 2.75) is 43.6 Å². The van der Waals surface area contributed by atoms with E-state index in [0.717, 1.165) is 22.4 Å². The van der Waals surface area contributed by atoms with E-state index in [9.17, 15) is 4.79 Å². The van der Waals surface area contributed by atoms with E-state index in [4.69, 9.17) is 0 Å². The number of rotatable bonds is 8. The van der Waals surface area contributed by atoms with E-state index in [1.807, 2.05) is 42.6 Å². The van der Waals surface area contributed by atoms with Crippen LogP contribution < -0.4 is 5.32 Å². The molecule has 1 aromatic carbocycles. The van der Waals surface area contributed by atoms with Crippen LogP contribution in [0.4, 0.5) is 0 Å². The molecule has 142 valence electrons. The summed E-state index contributed by atoms with van der Waals surface area (Å²) < 4.78 is 2.06. The van der Waals surface area contributed by atoms with Gasteiger partial charge < -0.3 is 9.88 Å². The lowest BCUT2D eigenvalue weighted by Crippen LogP contribution is -2.33. The van der Waals surface area contributed by atoms with E-state index in [2.05, 4.69) is 46.1 Å². The molecule has 7 heteroatoms. The van der Waals surface area contributed by atoms with Gasteiger partial charge in [-0.1, -0.05) is 55.1 Å². The number of aromatic nitrogens is 3. The molecular formula is C20H24N4OS2. The minimum absolute atomic E-state index is 0.0195. The zero-order chi connectivity index (χ0) is 19.2. The predicted octanol–water partition coefficient (Wildman–Crippen LogP) is 4.43. The zero-order valence-corrected chi connectivity index (χ0v) is 17.4. The standard InChI is InChI=1S/C20H24N4OS2/c1-4-24-18(17-11-8-12-26-17)22-23-20(24)27-15(3)19(25)21-13-14(2)16-9-6-5-7-10-16/h5-12,14-15H,4,13H2,1-3H3,(H,21,25). The number of amides is 1. The Balaban J connectivity index is 1.60. The minimum atomic E-state index is -0.237. The maximum absolute atomic E-state index is 12.5. The number of nitrogens with one attached hydrogen (secondary N) is 1. The Morgan fingerprint density at radius 3 is 2.63 bits per heavy atom. The van der Waals surface area contributed by atoms with Gasteiger partial charge in [0.1, 0.15) is 0 Å². The first-order chi connectivity index (χ1) is 13.1. The van der Waals surface area contributed by atoms with Crippen LogP contribution in [0.25, 0.3) is 10.7 Å². The van der Waals surface area contributed by atoms with E-state index < -0.39 is 0 Å². The van der Waals surface area contributed by atoms with E-state index in [0.29, 0.717) is 6.54 Å². The molecule has 2 heterocycles. The largest absolute Gasteiger partial charge is 0.355 e. The highest BCUT2D eigenvalue weighted by atomic mass is 32.2. The van der Waals surface area contributed by atoms with Crippen molar-refractivity contribution < 1.29 is 4.79 Å². The molecule has 0 aliphatic carbocycles. The van der Waals surface area contributed by atoms with Crippen molar-refractivity contribution in [2.24, 2.45) is 0 Å². The van der Waals surface area contributed by atoms with Gasteiger partial charge in [-0.15, -0.1) is 21.5 Å². The van der Waals surface area contributed by atoms with Gasteiger partial charge in [0.2, 0.25) is 5.91 Å². The maximum Gasteiger partial charge on any atom is 0.233 e. The van der Waals surface area contributed by atoms with Crippen LogP contribution in [0, 0.1) is 0 Å². The molecule has 0 bridgehead atoms. The Morgan fingerprint density at radius 2 is 1.96 bits per heavy atom. The van der Waals surface area contributed by atoms with Crippen molar-refractivity contribution in [3.63, 3.8) is 0 Å². The molecule has 2 atom stereocenters. The van der Waals surface area contributed by atoms with Crippen LogP contribution in [0.3, 0.4) is 0 Å². The molecule has 0 aliphatic rings. The third-order valence-electron chi connectivity index (χ3n) is 4.38. The molecule has 0 fully saturated rings. The predicted molar refractivity (Wildman–Crippen MR) is 112 cm³/mol. The summed E-state index contributed by atoms with van der Waals surface area (Å²) in [6.07, 6.45) is 0. The average Bonchev–Trinajstić information content (AvgIpc) is 3.35. The fourth-order valence-electron chi connectivity index (χ4n) is 2.76. The third-order valence-corrected chi connectivity index (χ3v) is 6.32. The van der Waals surface area contributed by atoms with Gasteiger partial charge in [-0.2, -0.15) is 0 Å². The summed E-state index contributed by atoms with van der Waals surface area (Å²) >= 11 is 3.09. The number of carbonyl (C=O) groups excluding carboxylic acids is 1. The molecule has 3 rings (SSSR count). The van der Waals surface area contributed by atoms with Crippen molar-refractivity contribution in [1.82, 2.24) is 20.1 Å². The number of benzene rings is 1. The smallest absolute Gasteiger partial charge is 0.233 e. The molecule has 1 N–H and O–H groups in total.